The summed E-state index contributed by atoms with van der Waals surface area (Å²) >= 11 is 3.28. The average molecular weight is 498 g/mol. The van der Waals surface area contributed by atoms with Crippen LogP contribution in [-0.4, -0.2) is 10.2 Å². The highest BCUT2D eigenvalue weighted by Crippen LogP contribution is 2.41. The predicted molar refractivity (Wildman–Crippen MR) is 116 cm³/mol. The fourth-order valence-corrected chi connectivity index (χ4v) is 3.84. The molecule has 1 atom stereocenters. The maximum Gasteiger partial charge on any atom is 0.264 e. The molecule has 4 rings (SSSR count). The smallest absolute Gasteiger partial charge is 0.264 e. The van der Waals surface area contributed by atoms with Crippen LogP contribution in [0.15, 0.2) is 77.4 Å². The molecule has 1 N–H and O–H groups in total. The van der Waals surface area contributed by atoms with Gasteiger partial charge in [-0.3, -0.25) is 5.10 Å². The zero-order valence-corrected chi connectivity index (χ0v) is 18.0. The van der Waals surface area contributed by atoms with Crippen LogP contribution in [0.3, 0.4) is 0 Å². The summed E-state index contributed by atoms with van der Waals surface area (Å²) in [6.45, 7) is 0. The number of hydrogen-bond acceptors (Lipinski definition) is 3. The highest BCUT2D eigenvalue weighted by atomic mass is 79.9. The zero-order valence-electron chi connectivity index (χ0n) is 16.4. The first kappa shape index (κ1) is 21.7. The van der Waals surface area contributed by atoms with Gasteiger partial charge < -0.3 is 4.74 Å². The van der Waals surface area contributed by atoms with Crippen LogP contribution in [0.2, 0.25) is 0 Å². The van der Waals surface area contributed by atoms with E-state index in [1.54, 1.807) is 24.4 Å². The van der Waals surface area contributed by atoms with E-state index < -0.39 is 18.2 Å². The van der Waals surface area contributed by atoms with Crippen LogP contribution in [0.5, 0.6) is 11.5 Å². The Labute approximate surface area is 190 Å². The number of aromatic nitrogens is 2. The van der Waals surface area contributed by atoms with Crippen LogP contribution in [0.1, 0.15) is 40.3 Å². The fraction of sp³-hybridized carbons (Fsp3) is 0.0833. The molecule has 32 heavy (non-hydrogen) atoms. The van der Waals surface area contributed by atoms with Gasteiger partial charge in [0.25, 0.3) is 6.43 Å². The number of alkyl halides is 2. The SMILES string of the molecule is N#Cc1cc(Oc2c(Br)ccc(C(c3ccccc3)c3ccn[nH]3)c2F)cc(C(F)F)c1. The molecule has 0 fully saturated rings. The summed E-state index contributed by atoms with van der Waals surface area (Å²) in [7, 11) is 0. The number of nitrogens with one attached hydrogen (secondary N) is 1. The third-order valence-corrected chi connectivity index (χ3v) is 5.51. The highest BCUT2D eigenvalue weighted by molar-refractivity contribution is 9.10. The maximum atomic E-state index is 15.8. The summed E-state index contributed by atoms with van der Waals surface area (Å²) in [6, 6.07) is 19.6. The van der Waals surface area contributed by atoms with Crippen molar-refractivity contribution < 1.29 is 17.9 Å². The topological polar surface area (TPSA) is 61.7 Å². The summed E-state index contributed by atoms with van der Waals surface area (Å²) in [4.78, 5) is 0. The second-order valence-electron chi connectivity index (χ2n) is 6.94. The van der Waals surface area contributed by atoms with Crippen LogP contribution >= 0.6 is 15.9 Å². The molecule has 1 heterocycles. The van der Waals surface area contributed by atoms with E-state index in [-0.39, 0.29) is 22.6 Å². The minimum absolute atomic E-state index is 0.00916. The summed E-state index contributed by atoms with van der Waals surface area (Å²) in [6.07, 6.45) is -1.22. The van der Waals surface area contributed by atoms with Crippen molar-refractivity contribution >= 4 is 15.9 Å². The number of rotatable bonds is 6. The molecule has 0 aliphatic rings. The number of hydrogen-bond donors (Lipinski definition) is 1. The first-order chi connectivity index (χ1) is 15.5. The molecule has 4 aromatic rings. The van der Waals surface area contributed by atoms with Gasteiger partial charge in [-0.1, -0.05) is 36.4 Å². The number of H-pyrrole nitrogens is 1. The van der Waals surface area contributed by atoms with Crippen LogP contribution in [0.4, 0.5) is 13.2 Å². The van der Waals surface area contributed by atoms with Gasteiger partial charge in [-0.15, -0.1) is 0 Å². The Morgan fingerprint density at radius 2 is 1.78 bits per heavy atom. The molecule has 160 valence electrons. The van der Waals surface area contributed by atoms with Crippen LogP contribution in [0.25, 0.3) is 0 Å². The summed E-state index contributed by atoms with van der Waals surface area (Å²) < 4.78 is 48.2. The van der Waals surface area contributed by atoms with E-state index in [0.29, 0.717) is 15.7 Å². The van der Waals surface area contributed by atoms with Crippen molar-refractivity contribution in [2.75, 3.05) is 0 Å². The maximum absolute atomic E-state index is 15.8. The summed E-state index contributed by atoms with van der Waals surface area (Å²) in [5, 5.41) is 16.0. The van der Waals surface area contributed by atoms with E-state index in [9.17, 15) is 8.78 Å². The second-order valence-corrected chi connectivity index (χ2v) is 7.80. The average Bonchev–Trinajstić information content (AvgIpc) is 3.33. The lowest BCUT2D eigenvalue weighted by atomic mass is 9.88. The first-order valence-corrected chi connectivity index (χ1v) is 10.3. The number of ether oxygens (including phenoxy) is 1. The molecular formula is C24H15BrF3N3O. The summed E-state index contributed by atoms with van der Waals surface area (Å²) in [5.41, 5.74) is 1.42. The van der Waals surface area contributed by atoms with E-state index in [1.807, 2.05) is 36.4 Å². The number of nitrogens with zero attached hydrogens (tertiary/aromatic N) is 2. The Hall–Kier alpha value is -3.57. The lowest BCUT2D eigenvalue weighted by Gasteiger charge is -2.20. The van der Waals surface area contributed by atoms with Crippen LogP contribution in [0, 0.1) is 17.1 Å². The van der Waals surface area contributed by atoms with Gasteiger partial charge >= 0.3 is 0 Å². The molecule has 8 heteroatoms. The minimum Gasteiger partial charge on any atom is -0.453 e. The van der Waals surface area contributed by atoms with Gasteiger partial charge in [-0.25, -0.2) is 13.2 Å². The minimum atomic E-state index is -2.80. The molecule has 0 amide bonds. The van der Waals surface area contributed by atoms with E-state index in [1.165, 1.54) is 6.07 Å². The first-order valence-electron chi connectivity index (χ1n) is 9.51. The normalized spacial score (nSPS) is 11.9. The van der Waals surface area contributed by atoms with E-state index in [2.05, 4.69) is 26.1 Å². The van der Waals surface area contributed by atoms with E-state index >= 15 is 4.39 Å². The Bertz CT molecular complexity index is 1270. The van der Waals surface area contributed by atoms with Gasteiger partial charge in [0.1, 0.15) is 5.75 Å². The molecule has 0 bridgehead atoms. The molecule has 0 saturated heterocycles. The molecule has 4 nitrogen and oxygen atoms in total. The lowest BCUT2D eigenvalue weighted by Crippen LogP contribution is -2.08. The van der Waals surface area contributed by atoms with Crippen molar-refractivity contribution in [2.45, 2.75) is 12.3 Å². The molecule has 0 aliphatic carbocycles. The quantitative estimate of drug-likeness (QED) is 0.309. The van der Waals surface area contributed by atoms with Crippen molar-refractivity contribution in [3.05, 3.63) is 111 Å². The van der Waals surface area contributed by atoms with Gasteiger partial charge in [0.15, 0.2) is 11.6 Å². The monoisotopic (exact) mass is 497 g/mol. The van der Waals surface area contributed by atoms with E-state index in [0.717, 1.165) is 17.7 Å². The molecule has 0 spiro atoms. The van der Waals surface area contributed by atoms with Gasteiger partial charge in [0, 0.05) is 23.0 Å². The molecule has 1 aromatic heterocycles. The van der Waals surface area contributed by atoms with Crippen molar-refractivity contribution in [3.63, 3.8) is 0 Å². The zero-order chi connectivity index (χ0) is 22.7. The highest BCUT2D eigenvalue weighted by Gasteiger charge is 2.25. The molecule has 0 saturated carbocycles. The van der Waals surface area contributed by atoms with Crippen molar-refractivity contribution in [1.82, 2.24) is 10.2 Å². The van der Waals surface area contributed by atoms with Crippen molar-refractivity contribution in [2.24, 2.45) is 0 Å². The Morgan fingerprint density at radius 3 is 2.44 bits per heavy atom. The second kappa shape index (κ2) is 9.28. The van der Waals surface area contributed by atoms with Crippen molar-refractivity contribution in [1.29, 1.82) is 5.26 Å². The van der Waals surface area contributed by atoms with E-state index in [4.69, 9.17) is 10.00 Å². The Kier molecular flexibility index (Phi) is 6.28. The van der Waals surface area contributed by atoms with Crippen LogP contribution < -0.4 is 4.74 Å². The standard InChI is InChI=1S/C24H15BrF3N3O/c25-19-7-6-18(21(20-8-9-30-31-20)15-4-2-1-3-5-15)22(26)23(19)32-17-11-14(13-29)10-16(12-17)24(27)28/h1-12,21,24H,(H,30,31). The molecule has 1 unspecified atom stereocenters. The fourth-order valence-electron chi connectivity index (χ4n) is 3.45. The van der Waals surface area contributed by atoms with Crippen LogP contribution in [-0.2, 0) is 0 Å². The molecule has 0 radical (unpaired) electrons. The van der Waals surface area contributed by atoms with Gasteiger partial charge in [-0.2, -0.15) is 10.4 Å². The lowest BCUT2D eigenvalue weighted by molar-refractivity contribution is 0.151. The molecule has 0 aliphatic heterocycles. The number of aromatic amines is 1. The predicted octanol–water partition coefficient (Wildman–Crippen LogP) is 7.09. The van der Waals surface area contributed by atoms with Crippen molar-refractivity contribution in [3.8, 4) is 17.6 Å². The molecular weight excluding hydrogens is 483 g/mol. The largest absolute Gasteiger partial charge is 0.453 e. The number of halogens is 4. The Morgan fingerprint density at radius 1 is 1.00 bits per heavy atom. The third kappa shape index (κ3) is 4.39. The van der Waals surface area contributed by atoms with Gasteiger partial charge in [0.2, 0.25) is 0 Å². The number of benzene rings is 3. The molecule has 3 aromatic carbocycles. The third-order valence-electron chi connectivity index (χ3n) is 4.89. The van der Waals surface area contributed by atoms with Gasteiger partial charge in [0.05, 0.1) is 22.0 Å². The Balaban J connectivity index is 1.82. The number of nitriles is 1. The summed E-state index contributed by atoms with van der Waals surface area (Å²) in [5.74, 6) is -1.40. The van der Waals surface area contributed by atoms with Gasteiger partial charge in [-0.05, 0) is 51.8 Å².